The van der Waals surface area contributed by atoms with Gasteiger partial charge in [0.2, 0.25) is 5.88 Å². The topological polar surface area (TPSA) is 91.7 Å². The van der Waals surface area contributed by atoms with Gasteiger partial charge in [0, 0.05) is 35.4 Å². The van der Waals surface area contributed by atoms with Crippen molar-refractivity contribution >= 4 is 30.0 Å². The number of carboxylic acid groups (broad SMARTS) is 1. The van der Waals surface area contributed by atoms with E-state index in [-0.39, 0.29) is 24.0 Å². The van der Waals surface area contributed by atoms with Crippen LogP contribution >= 0.6 is 24.0 Å². The number of rotatable bonds is 8. The fourth-order valence-electron chi connectivity index (χ4n) is 4.62. The Kier molecular flexibility index (Phi) is 9.02. The Morgan fingerprint density at radius 3 is 2.53 bits per heavy atom. The van der Waals surface area contributed by atoms with E-state index in [1.807, 2.05) is 30.3 Å². The SMILES string of the molecule is Cl.O=C(O)c1ccc(-c2ccc(Oc3ccc4c(c3)C[C@@H](NC[C@H](O)c3cccc(Cl)c3)CC4)nc2)cc1. The normalized spacial score (nSPS) is 15.2. The summed E-state index contributed by atoms with van der Waals surface area (Å²) in [4.78, 5) is 15.5. The molecule has 0 saturated heterocycles. The van der Waals surface area contributed by atoms with Gasteiger partial charge < -0.3 is 20.3 Å². The van der Waals surface area contributed by atoms with E-state index in [2.05, 4.69) is 22.4 Å². The summed E-state index contributed by atoms with van der Waals surface area (Å²) < 4.78 is 6.03. The Labute approximate surface area is 232 Å². The van der Waals surface area contributed by atoms with E-state index in [0.717, 1.165) is 41.7 Å². The molecule has 0 saturated carbocycles. The van der Waals surface area contributed by atoms with Crippen LogP contribution in [0.1, 0.15) is 39.6 Å². The van der Waals surface area contributed by atoms with Gasteiger partial charge in [-0.15, -0.1) is 12.4 Å². The molecule has 0 radical (unpaired) electrons. The van der Waals surface area contributed by atoms with Gasteiger partial charge in [-0.25, -0.2) is 9.78 Å². The Bertz CT molecular complexity index is 1390. The standard InChI is InChI=1S/C30H27ClN2O4.ClH/c31-25-3-1-2-22(14-25)28(34)18-32-26-11-8-20-9-12-27(16-24(20)15-26)37-29-13-10-23(17-33-29)19-4-6-21(7-5-19)30(35)36;/h1-7,9-10,12-14,16-17,26,28,32,34H,8,11,15,18H2,(H,35,36);1H/t26-,28-;/m0./s1. The third kappa shape index (κ3) is 6.71. The molecule has 1 aromatic heterocycles. The zero-order chi connectivity index (χ0) is 25.8. The van der Waals surface area contributed by atoms with E-state index in [1.54, 1.807) is 42.6 Å². The summed E-state index contributed by atoms with van der Waals surface area (Å²) in [5.41, 5.74) is 5.37. The Hall–Kier alpha value is -3.42. The molecule has 1 aliphatic carbocycles. The lowest BCUT2D eigenvalue weighted by atomic mass is 9.88. The third-order valence-corrected chi connectivity index (χ3v) is 6.90. The van der Waals surface area contributed by atoms with Gasteiger partial charge in [-0.3, -0.25) is 0 Å². The van der Waals surface area contributed by atoms with Crippen molar-refractivity contribution < 1.29 is 19.7 Å². The minimum Gasteiger partial charge on any atom is -0.478 e. The Balaban J connectivity index is 0.00000336. The average Bonchev–Trinajstić information content (AvgIpc) is 2.92. The van der Waals surface area contributed by atoms with Crippen molar-refractivity contribution in [2.75, 3.05) is 6.54 Å². The quantitative estimate of drug-likeness (QED) is 0.232. The van der Waals surface area contributed by atoms with Gasteiger partial charge in [0.25, 0.3) is 0 Å². The molecular formula is C30H28Cl2N2O4. The molecule has 0 aliphatic heterocycles. The largest absolute Gasteiger partial charge is 0.478 e. The summed E-state index contributed by atoms with van der Waals surface area (Å²) in [6.07, 6.45) is 3.93. The molecule has 0 bridgehead atoms. The molecule has 6 nitrogen and oxygen atoms in total. The zero-order valence-electron chi connectivity index (χ0n) is 20.5. The minimum absolute atomic E-state index is 0. The number of halogens is 2. The molecule has 1 heterocycles. The lowest BCUT2D eigenvalue weighted by molar-refractivity contribution is 0.0697. The first-order chi connectivity index (χ1) is 17.9. The van der Waals surface area contributed by atoms with Gasteiger partial charge in [0.15, 0.2) is 0 Å². The summed E-state index contributed by atoms with van der Waals surface area (Å²) in [7, 11) is 0. The number of aromatic carboxylic acids is 1. The number of nitrogens with one attached hydrogen (secondary N) is 1. The first kappa shape index (κ1) is 27.6. The number of fused-ring (bicyclic) bond motifs is 1. The highest BCUT2D eigenvalue weighted by Crippen LogP contribution is 2.29. The van der Waals surface area contributed by atoms with Crippen molar-refractivity contribution in [3.63, 3.8) is 0 Å². The van der Waals surface area contributed by atoms with Gasteiger partial charge in [-0.1, -0.05) is 41.9 Å². The number of aryl methyl sites for hydroxylation is 1. The van der Waals surface area contributed by atoms with Crippen LogP contribution in [0, 0.1) is 0 Å². The van der Waals surface area contributed by atoms with Crippen LogP contribution in [-0.4, -0.2) is 33.8 Å². The predicted molar refractivity (Wildman–Crippen MR) is 151 cm³/mol. The van der Waals surface area contributed by atoms with Crippen LogP contribution in [0.2, 0.25) is 5.02 Å². The molecule has 3 aromatic carbocycles. The maximum atomic E-state index is 11.1. The second kappa shape index (κ2) is 12.4. The number of ether oxygens (including phenoxy) is 1. The predicted octanol–water partition coefficient (Wildman–Crippen LogP) is 6.49. The van der Waals surface area contributed by atoms with Gasteiger partial charge in [-0.05, 0) is 84.0 Å². The van der Waals surface area contributed by atoms with Crippen molar-refractivity contribution in [2.45, 2.75) is 31.4 Å². The van der Waals surface area contributed by atoms with Crippen molar-refractivity contribution in [3.8, 4) is 22.8 Å². The van der Waals surface area contributed by atoms with E-state index in [4.69, 9.17) is 21.4 Å². The number of aliphatic hydroxyl groups is 1. The van der Waals surface area contributed by atoms with E-state index >= 15 is 0 Å². The Morgan fingerprint density at radius 2 is 1.82 bits per heavy atom. The maximum Gasteiger partial charge on any atom is 0.335 e. The van der Waals surface area contributed by atoms with Crippen LogP contribution in [0.15, 0.2) is 85.1 Å². The molecule has 0 fully saturated rings. The lowest BCUT2D eigenvalue weighted by Crippen LogP contribution is -2.37. The number of aliphatic hydroxyl groups excluding tert-OH is 1. The van der Waals surface area contributed by atoms with Crippen LogP contribution in [-0.2, 0) is 12.8 Å². The van der Waals surface area contributed by atoms with E-state index in [9.17, 15) is 9.90 Å². The third-order valence-electron chi connectivity index (χ3n) is 6.66. The second-order valence-electron chi connectivity index (χ2n) is 9.22. The highest BCUT2D eigenvalue weighted by molar-refractivity contribution is 6.30. The van der Waals surface area contributed by atoms with Gasteiger partial charge >= 0.3 is 5.97 Å². The molecular weight excluding hydrogens is 523 g/mol. The van der Waals surface area contributed by atoms with Crippen LogP contribution in [0.3, 0.4) is 0 Å². The maximum absolute atomic E-state index is 11.1. The molecule has 0 unspecified atom stereocenters. The van der Waals surface area contributed by atoms with Gasteiger partial charge in [0.05, 0.1) is 11.7 Å². The minimum atomic E-state index is -0.948. The smallest absolute Gasteiger partial charge is 0.335 e. The first-order valence-corrected chi connectivity index (χ1v) is 12.6. The molecule has 0 spiro atoms. The number of benzene rings is 3. The van der Waals surface area contributed by atoms with E-state index in [0.29, 0.717) is 17.4 Å². The summed E-state index contributed by atoms with van der Waals surface area (Å²) >= 11 is 6.05. The Morgan fingerprint density at radius 1 is 1.03 bits per heavy atom. The van der Waals surface area contributed by atoms with E-state index < -0.39 is 12.1 Å². The number of hydrogen-bond acceptors (Lipinski definition) is 5. The van der Waals surface area contributed by atoms with E-state index in [1.165, 1.54) is 11.1 Å². The fourth-order valence-corrected chi connectivity index (χ4v) is 4.82. The average molecular weight is 551 g/mol. The van der Waals surface area contributed by atoms with Crippen LogP contribution in [0.5, 0.6) is 11.6 Å². The number of carboxylic acids is 1. The van der Waals surface area contributed by atoms with Crippen molar-refractivity contribution in [1.29, 1.82) is 0 Å². The van der Waals surface area contributed by atoms with Crippen LogP contribution < -0.4 is 10.1 Å². The summed E-state index contributed by atoms with van der Waals surface area (Å²) in [6.45, 7) is 0.464. The van der Waals surface area contributed by atoms with Crippen molar-refractivity contribution in [2.24, 2.45) is 0 Å². The molecule has 3 N–H and O–H groups in total. The molecule has 4 aromatic rings. The molecule has 8 heteroatoms. The highest BCUT2D eigenvalue weighted by Gasteiger charge is 2.20. The second-order valence-corrected chi connectivity index (χ2v) is 9.66. The summed E-state index contributed by atoms with van der Waals surface area (Å²) in [5.74, 6) is 0.265. The van der Waals surface area contributed by atoms with Gasteiger partial charge in [-0.2, -0.15) is 0 Å². The molecule has 1 aliphatic rings. The number of nitrogens with zero attached hydrogens (tertiary/aromatic N) is 1. The first-order valence-electron chi connectivity index (χ1n) is 12.2. The molecule has 196 valence electrons. The number of pyridine rings is 1. The number of hydrogen-bond donors (Lipinski definition) is 3. The van der Waals surface area contributed by atoms with Crippen molar-refractivity contribution in [3.05, 3.63) is 112 Å². The van der Waals surface area contributed by atoms with Gasteiger partial charge in [0.1, 0.15) is 5.75 Å². The van der Waals surface area contributed by atoms with Crippen molar-refractivity contribution in [1.82, 2.24) is 10.3 Å². The lowest BCUT2D eigenvalue weighted by Gasteiger charge is -2.27. The monoisotopic (exact) mass is 550 g/mol. The molecule has 5 rings (SSSR count). The summed E-state index contributed by atoms with van der Waals surface area (Å²) in [6, 6.07) is 24.1. The van der Waals surface area contributed by atoms with Crippen LogP contribution in [0.25, 0.3) is 11.1 Å². The molecule has 2 atom stereocenters. The fraction of sp³-hybridized carbons (Fsp3) is 0.200. The highest BCUT2D eigenvalue weighted by atomic mass is 35.5. The number of carbonyl (C=O) groups is 1. The molecule has 0 amide bonds. The van der Waals surface area contributed by atoms with Crippen LogP contribution in [0.4, 0.5) is 0 Å². The summed E-state index contributed by atoms with van der Waals surface area (Å²) in [5, 5.41) is 23.7. The number of aromatic nitrogens is 1. The zero-order valence-corrected chi connectivity index (χ0v) is 22.1. The molecule has 38 heavy (non-hydrogen) atoms.